The van der Waals surface area contributed by atoms with Crippen LogP contribution in [-0.2, 0) is 20.8 Å². The monoisotopic (exact) mass is 477 g/mol. The number of hydrogen-bond donors (Lipinski definition) is 1. The van der Waals surface area contributed by atoms with Crippen LogP contribution in [0.25, 0.3) is 0 Å². The van der Waals surface area contributed by atoms with E-state index in [9.17, 15) is 14.4 Å². The van der Waals surface area contributed by atoms with Crippen molar-refractivity contribution in [2.75, 3.05) is 24.6 Å². The molecule has 0 saturated carbocycles. The summed E-state index contributed by atoms with van der Waals surface area (Å²) in [6.45, 7) is 5.09. The Morgan fingerprint density at radius 1 is 1.00 bits per heavy atom. The zero-order valence-corrected chi connectivity index (χ0v) is 20.6. The van der Waals surface area contributed by atoms with Gasteiger partial charge in [0.2, 0.25) is 11.8 Å². The van der Waals surface area contributed by atoms with Gasteiger partial charge in [0, 0.05) is 37.3 Å². The molecule has 0 aliphatic carbocycles. The van der Waals surface area contributed by atoms with E-state index < -0.39 is 0 Å². The molecule has 7 heteroatoms. The van der Waals surface area contributed by atoms with Crippen LogP contribution < -0.4 is 15.0 Å². The Labute approximate surface area is 207 Å². The number of anilines is 1. The van der Waals surface area contributed by atoms with Crippen molar-refractivity contribution < 1.29 is 19.1 Å². The summed E-state index contributed by atoms with van der Waals surface area (Å²) in [4.78, 5) is 41.4. The molecule has 7 nitrogen and oxygen atoms in total. The van der Waals surface area contributed by atoms with Crippen molar-refractivity contribution in [2.24, 2.45) is 5.92 Å². The third kappa shape index (κ3) is 6.21. The number of piperidine rings is 1. The maximum atomic E-state index is 12.7. The van der Waals surface area contributed by atoms with Crippen LogP contribution in [0.2, 0.25) is 0 Å². The van der Waals surface area contributed by atoms with Crippen molar-refractivity contribution in [3.05, 3.63) is 60.2 Å². The van der Waals surface area contributed by atoms with Crippen LogP contribution in [0.15, 0.2) is 54.6 Å². The van der Waals surface area contributed by atoms with Crippen molar-refractivity contribution in [2.45, 2.75) is 58.0 Å². The maximum absolute atomic E-state index is 12.7. The van der Waals surface area contributed by atoms with E-state index >= 15 is 0 Å². The molecule has 2 fully saturated rings. The van der Waals surface area contributed by atoms with Gasteiger partial charge in [-0.2, -0.15) is 0 Å². The Morgan fingerprint density at radius 2 is 1.69 bits per heavy atom. The molecule has 0 bridgehead atoms. The number of carbonyl (C=O) groups excluding carboxylic acids is 3. The Hall–Kier alpha value is -3.35. The summed E-state index contributed by atoms with van der Waals surface area (Å²) in [5.74, 6) is 0.0766. The summed E-state index contributed by atoms with van der Waals surface area (Å²) >= 11 is 0. The highest BCUT2D eigenvalue weighted by Crippen LogP contribution is 2.27. The number of nitrogens with zero attached hydrogens (tertiary/aromatic N) is 2. The SMILES string of the molecule is C[C@@H]1CCC[C@H](C)N1C(=O)COc1ccc(N2C[C@@H](C(=O)NCCc3ccccc3)CC2=O)cc1. The summed E-state index contributed by atoms with van der Waals surface area (Å²) in [5.41, 5.74) is 1.90. The minimum Gasteiger partial charge on any atom is -0.484 e. The largest absolute Gasteiger partial charge is 0.484 e. The molecule has 2 aliphatic heterocycles. The molecule has 2 aliphatic rings. The van der Waals surface area contributed by atoms with E-state index in [1.54, 1.807) is 29.2 Å². The summed E-state index contributed by atoms with van der Waals surface area (Å²) in [7, 11) is 0. The van der Waals surface area contributed by atoms with Gasteiger partial charge in [0.05, 0.1) is 5.92 Å². The molecule has 0 spiro atoms. The van der Waals surface area contributed by atoms with E-state index in [0.29, 0.717) is 18.8 Å². The number of likely N-dealkylation sites (tertiary alicyclic amines) is 1. The number of hydrogen-bond acceptors (Lipinski definition) is 4. The Morgan fingerprint density at radius 3 is 2.37 bits per heavy atom. The number of carbonyl (C=O) groups is 3. The van der Waals surface area contributed by atoms with Crippen molar-refractivity contribution >= 4 is 23.4 Å². The second-order valence-electron chi connectivity index (χ2n) is 9.64. The molecular formula is C28H35N3O4. The van der Waals surface area contributed by atoms with Gasteiger partial charge in [-0.25, -0.2) is 0 Å². The lowest BCUT2D eigenvalue weighted by molar-refractivity contribution is -0.139. The zero-order chi connectivity index (χ0) is 24.8. The van der Waals surface area contributed by atoms with Gasteiger partial charge in [-0.15, -0.1) is 0 Å². The third-order valence-corrected chi connectivity index (χ3v) is 7.04. The van der Waals surface area contributed by atoms with E-state index in [0.717, 1.165) is 31.4 Å². The normalized spacial score (nSPS) is 22.2. The molecule has 2 heterocycles. The molecule has 3 atom stereocenters. The van der Waals surface area contributed by atoms with Gasteiger partial charge >= 0.3 is 0 Å². The van der Waals surface area contributed by atoms with E-state index in [-0.39, 0.29) is 48.8 Å². The van der Waals surface area contributed by atoms with E-state index in [1.165, 1.54) is 5.56 Å². The van der Waals surface area contributed by atoms with Crippen LogP contribution in [0.3, 0.4) is 0 Å². The van der Waals surface area contributed by atoms with Gasteiger partial charge in [-0.1, -0.05) is 30.3 Å². The quantitative estimate of drug-likeness (QED) is 0.631. The Balaban J connectivity index is 1.26. The van der Waals surface area contributed by atoms with Gasteiger partial charge in [-0.3, -0.25) is 14.4 Å². The van der Waals surface area contributed by atoms with Crippen molar-refractivity contribution in [1.29, 1.82) is 0 Å². The smallest absolute Gasteiger partial charge is 0.260 e. The van der Waals surface area contributed by atoms with E-state index in [4.69, 9.17) is 4.74 Å². The summed E-state index contributed by atoms with van der Waals surface area (Å²) in [6, 6.07) is 17.6. The molecule has 2 saturated heterocycles. The molecule has 1 N–H and O–H groups in total. The van der Waals surface area contributed by atoms with Crippen molar-refractivity contribution in [3.63, 3.8) is 0 Å². The van der Waals surface area contributed by atoms with Crippen LogP contribution in [0.1, 0.15) is 45.1 Å². The molecule has 2 aromatic rings. The molecule has 0 radical (unpaired) electrons. The predicted octanol–water partition coefficient (Wildman–Crippen LogP) is 3.57. The second kappa shape index (κ2) is 11.4. The number of ether oxygens (including phenoxy) is 1. The number of benzene rings is 2. The second-order valence-corrected chi connectivity index (χ2v) is 9.64. The summed E-state index contributed by atoms with van der Waals surface area (Å²) in [5, 5.41) is 2.96. The lowest BCUT2D eigenvalue weighted by atomic mass is 9.97. The Bertz CT molecular complexity index is 1010. The molecule has 35 heavy (non-hydrogen) atoms. The predicted molar refractivity (Wildman–Crippen MR) is 135 cm³/mol. The average molecular weight is 478 g/mol. The maximum Gasteiger partial charge on any atom is 0.260 e. The van der Waals surface area contributed by atoms with Gasteiger partial charge in [0.1, 0.15) is 5.75 Å². The molecule has 3 amide bonds. The first-order valence-corrected chi connectivity index (χ1v) is 12.6. The lowest BCUT2D eigenvalue weighted by Gasteiger charge is -2.38. The van der Waals surface area contributed by atoms with Crippen LogP contribution in [0, 0.1) is 5.92 Å². The van der Waals surface area contributed by atoms with Crippen molar-refractivity contribution in [1.82, 2.24) is 10.2 Å². The molecule has 0 aromatic heterocycles. The van der Waals surface area contributed by atoms with Gasteiger partial charge in [-0.05, 0) is 69.4 Å². The Kier molecular flexibility index (Phi) is 8.06. The van der Waals surface area contributed by atoms with Gasteiger partial charge < -0.3 is 19.9 Å². The standard InChI is InChI=1S/C28H35N3O4/c1-20-7-6-8-21(2)31(20)27(33)19-35-25-13-11-24(12-14-25)30-18-23(17-26(30)32)28(34)29-16-15-22-9-4-3-5-10-22/h3-5,9-14,20-21,23H,6-8,15-19H2,1-2H3,(H,29,34)/t20-,21+,23-/m0/s1. The molecular weight excluding hydrogens is 442 g/mol. The minimum atomic E-state index is -0.361. The van der Waals surface area contributed by atoms with Crippen LogP contribution in [-0.4, -0.2) is 54.4 Å². The highest BCUT2D eigenvalue weighted by Gasteiger charge is 2.35. The molecule has 186 valence electrons. The first kappa shape index (κ1) is 24.8. The van der Waals surface area contributed by atoms with E-state index in [2.05, 4.69) is 19.2 Å². The number of rotatable bonds is 8. The van der Waals surface area contributed by atoms with E-state index in [1.807, 2.05) is 35.2 Å². The molecule has 4 rings (SSSR count). The highest BCUT2D eigenvalue weighted by atomic mass is 16.5. The van der Waals surface area contributed by atoms with Crippen LogP contribution in [0.5, 0.6) is 5.75 Å². The first-order chi connectivity index (χ1) is 16.9. The molecule has 2 aromatic carbocycles. The molecule has 0 unspecified atom stereocenters. The fraction of sp³-hybridized carbons (Fsp3) is 0.464. The number of amides is 3. The average Bonchev–Trinajstić information content (AvgIpc) is 3.25. The van der Waals surface area contributed by atoms with Crippen LogP contribution in [0.4, 0.5) is 5.69 Å². The zero-order valence-electron chi connectivity index (χ0n) is 20.6. The topological polar surface area (TPSA) is 79.0 Å². The minimum absolute atomic E-state index is 0.00188. The van der Waals surface area contributed by atoms with Crippen molar-refractivity contribution in [3.8, 4) is 5.75 Å². The van der Waals surface area contributed by atoms with Gasteiger partial charge in [0.15, 0.2) is 6.61 Å². The fourth-order valence-electron chi connectivity index (χ4n) is 5.11. The summed E-state index contributed by atoms with van der Waals surface area (Å²) in [6.07, 6.45) is 4.17. The van der Waals surface area contributed by atoms with Crippen LogP contribution >= 0.6 is 0 Å². The third-order valence-electron chi connectivity index (χ3n) is 7.04. The highest BCUT2D eigenvalue weighted by molar-refractivity contribution is 6.00. The fourth-order valence-corrected chi connectivity index (χ4v) is 5.11. The van der Waals surface area contributed by atoms with Gasteiger partial charge in [0.25, 0.3) is 5.91 Å². The number of nitrogens with one attached hydrogen (secondary N) is 1. The summed E-state index contributed by atoms with van der Waals surface area (Å²) < 4.78 is 5.74. The first-order valence-electron chi connectivity index (χ1n) is 12.6. The lowest BCUT2D eigenvalue weighted by Crippen LogP contribution is -2.49.